The summed E-state index contributed by atoms with van der Waals surface area (Å²) in [6, 6.07) is 8.15. The first-order valence-corrected chi connectivity index (χ1v) is 10.5. The Balaban J connectivity index is 0.00000300. The summed E-state index contributed by atoms with van der Waals surface area (Å²) in [6.45, 7) is 5.87. The number of methoxy groups -OCH3 is 1. The van der Waals surface area contributed by atoms with E-state index in [-0.39, 0.29) is 48.6 Å². The van der Waals surface area contributed by atoms with E-state index in [1.165, 1.54) is 0 Å². The lowest BCUT2D eigenvalue weighted by Crippen LogP contribution is -2.48. The number of nitrogens with zero attached hydrogens (tertiary/aromatic N) is 1. The van der Waals surface area contributed by atoms with Gasteiger partial charge >= 0.3 is 0 Å². The molecule has 4 unspecified atom stereocenters. The Morgan fingerprint density at radius 3 is 2.66 bits per heavy atom. The van der Waals surface area contributed by atoms with Crippen molar-refractivity contribution in [3.8, 4) is 5.75 Å². The number of benzene rings is 1. The summed E-state index contributed by atoms with van der Waals surface area (Å²) in [5.41, 5.74) is 1.00. The maximum absolute atomic E-state index is 13.2. The molecular weight excluding hydrogens is 390 g/mol. The fourth-order valence-corrected chi connectivity index (χ4v) is 4.40. The number of unbranched alkanes of at least 4 members (excludes halogenated alkanes) is 1. The zero-order valence-corrected chi connectivity index (χ0v) is 18.5. The fraction of sp³-hybridized carbons (Fsp3) is 0.636. The van der Waals surface area contributed by atoms with Gasteiger partial charge in [-0.05, 0) is 50.4 Å². The highest BCUT2D eigenvalue weighted by Gasteiger charge is 2.44. The Labute approximate surface area is 180 Å². The van der Waals surface area contributed by atoms with Gasteiger partial charge in [-0.1, -0.05) is 25.5 Å². The molecule has 2 fully saturated rings. The third kappa shape index (κ3) is 5.64. The first-order valence-electron chi connectivity index (χ1n) is 10.5. The molecule has 2 saturated heterocycles. The number of rotatable bonds is 7. The lowest BCUT2D eigenvalue weighted by Gasteiger charge is -2.32. The van der Waals surface area contributed by atoms with Crippen molar-refractivity contribution < 1.29 is 14.3 Å². The van der Waals surface area contributed by atoms with E-state index in [0.29, 0.717) is 12.6 Å². The van der Waals surface area contributed by atoms with E-state index in [1.54, 1.807) is 7.11 Å². The van der Waals surface area contributed by atoms with E-state index < -0.39 is 0 Å². The van der Waals surface area contributed by atoms with Gasteiger partial charge in [0.1, 0.15) is 5.75 Å². The molecule has 0 spiro atoms. The predicted molar refractivity (Wildman–Crippen MR) is 116 cm³/mol. The molecule has 2 heterocycles. The van der Waals surface area contributed by atoms with Crippen LogP contribution in [0.5, 0.6) is 5.75 Å². The second-order valence-electron chi connectivity index (χ2n) is 8.05. The molecule has 2 amide bonds. The van der Waals surface area contributed by atoms with E-state index in [2.05, 4.69) is 24.5 Å². The van der Waals surface area contributed by atoms with Crippen LogP contribution in [-0.2, 0) is 9.59 Å². The van der Waals surface area contributed by atoms with Crippen LogP contribution in [0.4, 0.5) is 0 Å². The number of hydrogen-bond acceptors (Lipinski definition) is 4. The summed E-state index contributed by atoms with van der Waals surface area (Å²) in [5, 5.41) is 6.64. The summed E-state index contributed by atoms with van der Waals surface area (Å²) >= 11 is 0. The molecule has 0 radical (unpaired) electrons. The van der Waals surface area contributed by atoms with Gasteiger partial charge < -0.3 is 20.3 Å². The lowest BCUT2D eigenvalue weighted by atomic mass is 9.91. The standard InChI is InChI=1S/C22H33N3O3.ClH/c1-4-5-12-25-20(26)14-19(21(25)16-6-8-18(28-3)9-7-16)22(27)24-17-10-11-23-15(2)13-17;/h6-9,15,17,19,21,23H,4-5,10-14H2,1-3H3,(H,24,27);1H. The maximum atomic E-state index is 13.2. The van der Waals surface area contributed by atoms with Gasteiger partial charge in [-0.3, -0.25) is 9.59 Å². The molecule has 3 rings (SSSR count). The maximum Gasteiger partial charge on any atom is 0.226 e. The monoisotopic (exact) mass is 423 g/mol. The van der Waals surface area contributed by atoms with E-state index in [0.717, 1.165) is 43.5 Å². The van der Waals surface area contributed by atoms with Crippen LogP contribution in [0.2, 0.25) is 0 Å². The molecule has 6 nitrogen and oxygen atoms in total. The predicted octanol–water partition coefficient (Wildman–Crippen LogP) is 3.06. The van der Waals surface area contributed by atoms with Crippen LogP contribution in [0.15, 0.2) is 24.3 Å². The van der Waals surface area contributed by atoms with Gasteiger partial charge in [0.2, 0.25) is 11.8 Å². The first kappa shape index (κ1) is 23.5. The molecule has 162 valence electrons. The van der Waals surface area contributed by atoms with Crippen LogP contribution in [0.25, 0.3) is 0 Å². The van der Waals surface area contributed by atoms with Gasteiger partial charge in [-0.25, -0.2) is 0 Å². The van der Waals surface area contributed by atoms with Crippen molar-refractivity contribution in [2.75, 3.05) is 20.2 Å². The summed E-state index contributed by atoms with van der Waals surface area (Å²) < 4.78 is 5.26. The topological polar surface area (TPSA) is 70.7 Å². The van der Waals surface area contributed by atoms with Gasteiger partial charge in [-0.2, -0.15) is 0 Å². The largest absolute Gasteiger partial charge is 0.497 e. The van der Waals surface area contributed by atoms with Crippen molar-refractivity contribution in [3.05, 3.63) is 29.8 Å². The van der Waals surface area contributed by atoms with Crippen molar-refractivity contribution in [2.45, 2.75) is 64.1 Å². The molecule has 1 aromatic carbocycles. The van der Waals surface area contributed by atoms with Gasteiger partial charge in [0.25, 0.3) is 0 Å². The quantitative estimate of drug-likeness (QED) is 0.707. The Bertz CT molecular complexity index is 682. The third-order valence-electron chi connectivity index (χ3n) is 5.95. The highest BCUT2D eigenvalue weighted by molar-refractivity contribution is 5.90. The van der Waals surface area contributed by atoms with E-state index in [9.17, 15) is 9.59 Å². The molecule has 0 bridgehead atoms. The molecule has 0 saturated carbocycles. The number of carbonyl (C=O) groups is 2. The number of halogens is 1. The number of piperidine rings is 1. The summed E-state index contributed by atoms with van der Waals surface area (Å²) in [7, 11) is 1.64. The molecule has 7 heteroatoms. The molecule has 29 heavy (non-hydrogen) atoms. The molecule has 2 aliphatic rings. The van der Waals surface area contributed by atoms with E-state index in [4.69, 9.17) is 4.74 Å². The number of nitrogens with one attached hydrogen (secondary N) is 2. The number of carbonyl (C=O) groups excluding carboxylic acids is 2. The molecule has 2 aliphatic heterocycles. The SMILES string of the molecule is CCCCN1C(=O)CC(C(=O)NC2CCNC(C)C2)C1c1ccc(OC)cc1.Cl. The van der Waals surface area contributed by atoms with Gasteiger partial charge in [0.15, 0.2) is 0 Å². The summed E-state index contributed by atoms with van der Waals surface area (Å²) in [4.78, 5) is 27.8. The van der Waals surface area contributed by atoms with Crippen LogP contribution in [0.1, 0.15) is 57.6 Å². The molecule has 4 atom stereocenters. The van der Waals surface area contributed by atoms with Crippen molar-refractivity contribution in [3.63, 3.8) is 0 Å². The van der Waals surface area contributed by atoms with Crippen molar-refractivity contribution in [1.29, 1.82) is 0 Å². The molecule has 0 aliphatic carbocycles. The Kier molecular flexibility index (Phi) is 8.78. The van der Waals surface area contributed by atoms with Crippen molar-refractivity contribution in [1.82, 2.24) is 15.5 Å². The second kappa shape index (κ2) is 10.8. The zero-order chi connectivity index (χ0) is 20.1. The minimum absolute atomic E-state index is 0. The smallest absolute Gasteiger partial charge is 0.226 e. The zero-order valence-electron chi connectivity index (χ0n) is 17.6. The van der Waals surface area contributed by atoms with Gasteiger partial charge in [0, 0.05) is 25.0 Å². The number of hydrogen-bond donors (Lipinski definition) is 2. The number of ether oxygens (including phenoxy) is 1. The van der Waals surface area contributed by atoms with Gasteiger partial charge in [0.05, 0.1) is 19.1 Å². The highest BCUT2D eigenvalue weighted by Crippen LogP contribution is 2.39. The molecule has 1 aromatic rings. The second-order valence-corrected chi connectivity index (χ2v) is 8.05. The average Bonchev–Trinajstić information content (AvgIpc) is 3.03. The summed E-state index contributed by atoms with van der Waals surface area (Å²) in [6.07, 6.45) is 4.11. The molecular formula is C22H34ClN3O3. The van der Waals surface area contributed by atoms with E-state index in [1.807, 2.05) is 29.2 Å². The van der Waals surface area contributed by atoms with Crippen LogP contribution >= 0.6 is 12.4 Å². The van der Waals surface area contributed by atoms with Gasteiger partial charge in [-0.15, -0.1) is 12.4 Å². The first-order chi connectivity index (χ1) is 13.5. The third-order valence-corrected chi connectivity index (χ3v) is 5.95. The van der Waals surface area contributed by atoms with Crippen LogP contribution in [0.3, 0.4) is 0 Å². The summed E-state index contributed by atoms with van der Waals surface area (Å²) in [5.74, 6) is 0.515. The minimum Gasteiger partial charge on any atom is -0.497 e. The van der Waals surface area contributed by atoms with Crippen LogP contribution < -0.4 is 15.4 Å². The normalized spacial score (nSPS) is 26.7. The minimum atomic E-state index is -0.344. The molecule has 2 N–H and O–H groups in total. The van der Waals surface area contributed by atoms with Crippen LogP contribution in [-0.4, -0.2) is 49.0 Å². The Morgan fingerprint density at radius 1 is 1.31 bits per heavy atom. The Morgan fingerprint density at radius 2 is 2.03 bits per heavy atom. The highest BCUT2D eigenvalue weighted by atomic mass is 35.5. The lowest BCUT2D eigenvalue weighted by molar-refractivity contribution is -0.129. The fourth-order valence-electron chi connectivity index (χ4n) is 4.40. The van der Waals surface area contributed by atoms with Crippen molar-refractivity contribution in [2.24, 2.45) is 5.92 Å². The van der Waals surface area contributed by atoms with Crippen LogP contribution in [0, 0.1) is 5.92 Å². The Hall–Kier alpha value is -1.79. The van der Waals surface area contributed by atoms with Crippen molar-refractivity contribution >= 4 is 24.2 Å². The molecule has 0 aromatic heterocycles. The number of amides is 2. The van der Waals surface area contributed by atoms with E-state index >= 15 is 0 Å². The average molecular weight is 424 g/mol. The number of likely N-dealkylation sites (tertiary alicyclic amines) is 1.